The second kappa shape index (κ2) is 38.2. The topological polar surface area (TPSA) is 467 Å². The maximum Gasteiger partial charge on any atom is 0.432 e. The highest BCUT2D eigenvalue weighted by Crippen LogP contribution is 2.41. The number of aromatic nitrogens is 4. The number of imide groups is 4. The molecule has 3 aromatic heterocycles. The number of urea groups is 4. The molecule has 14 aromatic rings. The monoisotopic (exact) mass is 1960 g/mol. The van der Waals surface area contributed by atoms with Gasteiger partial charge in [-0.1, -0.05) is 107 Å². The molecular formula is C103H80BF4N18O19. The highest BCUT2D eigenvalue weighted by Gasteiger charge is 2.55. The molecule has 4 unspecified atom stereocenters. The number of fused-ring (bicyclic) bond motifs is 6. The van der Waals surface area contributed by atoms with Gasteiger partial charge in [0.25, 0.3) is 47.3 Å². The highest BCUT2D eigenvalue weighted by atomic mass is 19.1. The van der Waals surface area contributed by atoms with Gasteiger partial charge in [-0.25, -0.2) is 41.4 Å². The Morgan fingerprint density at radius 3 is 1.08 bits per heavy atom. The van der Waals surface area contributed by atoms with Crippen LogP contribution < -0.4 is 72.2 Å². The van der Waals surface area contributed by atoms with Crippen LogP contribution in [-0.4, -0.2) is 145 Å². The van der Waals surface area contributed by atoms with E-state index in [1.807, 2.05) is 81.4 Å². The molecule has 0 spiro atoms. The Kier molecular flexibility index (Phi) is 24.8. The molecule has 0 aliphatic carbocycles. The van der Waals surface area contributed by atoms with Crippen LogP contribution in [0.3, 0.4) is 0 Å². The van der Waals surface area contributed by atoms with E-state index in [1.54, 1.807) is 78.9 Å². The smallest absolute Gasteiger partial charge is 0.432 e. The molecule has 4 fully saturated rings. The van der Waals surface area contributed by atoms with Gasteiger partial charge in [-0.05, 0) is 221 Å². The Labute approximate surface area is 818 Å². The predicted molar refractivity (Wildman–Crippen MR) is 500 cm³/mol. The number of benzene rings is 11. The second-order valence-electron chi connectivity index (χ2n) is 35.3. The van der Waals surface area contributed by atoms with Gasteiger partial charge in [-0.3, -0.25) is 59.6 Å². The van der Waals surface area contributed by atoms with Gasteiger partial charge in [0.1, 0.15) is 101 Å². The van der Waals surface area contributed by atoms with Crippen molar-refractivity contribution >= 4 is 90.0 Å². The zero-order valence-corrected chi connectivity index (χ0v) is 76.8. The molecule has 0 saturated carbocycles. The van der Waals surface area contributed by atoms with Crippen molar-refractivity contribution in [3.05, 3.63) is 377 Å². The largest absolute Gasteiger partial charge is 0.489 e. The van der Waals surface area contributed by atoms with Crippen LogP contribution in [0.25, 0.3) is 22.3 Å². The zero-order chi connectivity index (χ0) is 101. The van der Waals surface area contributed by atoms with Crippen molar-refractivity contribution in [1.29, 1.82) is 0 Å². The molecule has 0 bridgehead atoms. The van der Waals surface area contributed by atoms with E-state index in [2.05, 4.69) is 73.0 Å². The number of halogens is 4. The van der Waals surface area contributed by atoms with Gasteiger partial charge in [0.15, 0.2) is 22.2 Å². The SMILES string of the molecule is Cc1noc(C)c1COc1ccc2c(c1)CN(CC1(c3ccc(F)cc3)NC(=O)NC1=O)C2=O.Cc1onc(-c2ccccc2)c1COc1ccc2c(c1)CN(CC1(c3ccc(F)cc3)NC(=O)NC1=O)C2=O.O=C1NC(=O)C(CN2Cc3cc(OCc4ccc5c(c4)=N[B]N=5)ccc3C2=O)(c2ccc(F)cc2)N1.O=C1NC(=O)C(CN2Cc3cc(OCc4cccc5nonc45)ccc3C2=O)(c2ccc(F)cc2)N1. The number of amides is 16. The third kappa shape index (κ3) is 18.4. The van der Waals surface area contributed by atoms with Crippen molar-refractivity contribution in [2.45, 2.75) is 95.5 Å². The number of carbonyl (C=O) groups excluding carboxylic acids is 12. The molecule has 1 radical (unpaired) electrons. The summed E-state index contributed by atoms with van der Waals surface area (Å²) in [6, 6.07) is 59.9. The number of hydrogen-bond acceptors (Lipinski definition) is 25. The Morgan fingerprint density at radius 1 is 0.352 bits per heavy atom. The van der Waals surface area contributed by atoms with Crippen molar-refractivity contribution in [3.8, 4) is 34.3 Å². The second-order valence-corrected chi connectivity index (χ2v) is 35.3. The number of nitrogens with zero attached hydrogens (tertiary/aromatic N) is 10. The van der Waals surface area contributed by atoms with E-state index in [9.17, 15) is 75.1 Å². The number of carbonyl (C=O) groups is 12. The summed E-state index contributed by atoms with van der Waals surface area (Å²) in [4.78, 5) is 167. The van der Waals surface area contributed by atoms with E-state index in [0.29, 0.717) is 102 Å². The summed E-state index contributed by atoms with van der Waals surface area (Å²) in [5.41, 5.74) is 7.29. The van der Waals surface area contributed by atoms with Gasteiger partial charge < -0.3 is 78.7 Å². The van der Waals surface area contributed by atoms with E-state index >= 15 is 0 Å². The van der Waals surface area contributed by atoms with E-state index in [1.165, 1.54) is 124 Å². The van der Waals surface area contributed by atoms with Crippen molar-refractivity contribution < 1.29 is 108 Å². The van der Waals surface area contributed by atoms with Gasteiger partial charge >= 0.3 is 31.7 Å². The minimum Gasteiger partial charge on any atom is -0.489 e. The lowest BCUT2D eigenvalue weighted by Gasteiger charge is -2.31. The average molecular weight is 1960 g/mol. The van der Waals surface area contributed by atoms with Gasteiger partial charge in [-0.2, -0.15) is 0 Å². The quantitative estimate of drug-likeness (QED) is 0.0150. The maximum absolute atomic E-state index is 13.6. The summed E-state index contributed by atoms with van der Waals surface area (Å²) in [7, 11) is 1.51. The Hall–Kier alpha value is -18.5. The molecular weight excluding hydrogens is 1880 g/mol. The maximum atomic E-state index is 13.6. The molecule has 12 heterocycles. The van der Waals surface area contributed by atoms with Crippen molar-refractivity contribution in [2.24, 2.45) is 9.81 Å². The van der Waals surface area contributed by atoms with E-state index in [4.69, 9.17) is 32.6 Å². The predicted octanol–water partition coefficient (Wildman–Crippen LogP) is 10.3. The van der Waals surface area contributed by atoms with Gasteiger partial charge in [0.05, 0.1) is 53.7 Å². The van der Waals surface area contributed by atoms with E-state index in [0.717, 1.165) is 66.5 Å². The summed E-state index contributed by atoms with van der Waals surface area (Å²) >= 11 is 0. The first-order valence-electron chi connectivity index (χ1n) is 45.2. The van der Waals surface area contributed by atoms with E-state index < -0.39 is 93.2 Å². The van der Waals surface area contributed by atoms with Gasteiger partial charge in [0, 0.05) is 59.6 Å². The molecule has 4 atom stereocenters. The standard InChI is InChI=1S/C29H23FN4O5.C25H18BFN5O4.C25H18FN5O5.C24H21FN4O5/c1-17-24(25(33-39-17)18-5-3-2-4-6-18)15-38-22-11-12-23-19(13-22)14-34(26(23)35)16-29(27(36)31-28(37)32-29)20-7-9-21(30)10-8-20;27-17-4-2-16(3-5-17)25(23(34)28-24(35)29-25)13-32-11-15-10-18(6-7-19(15)22(32)33)36-12-14-1-8-20-21(9-14)31-26-30-20;26-17-6-4-16(5-7-17)25(23(33)27-24(34)28-25)13-31-11-15-10-18(8-9-19(15)22(31)32)35-12-14-2-1-3-20-21(14)30-36-29-20;1-13-20(14(2)34-28-13)11-33-18-7-8-19-15(9-18)10-29(21(19)30)12-24(22(31)26-23(32)27-24)16-3-5-17(25)6-4-16/h2-13H,14-16H2,1H3,(H2,31,32,36,37);1-10H,11-13H2,(H2,28,29,34,35);1-10H,11-13H2,(H2,27,28,33,34);3-9H,10-12H2,1-2H3,(H2,26,27,31,32). The van der Waals surface area contributed by atoms with Crippen LogP contribution in [0, 0.1) is 44.0 Å². The van der Waals surface area contributed by atoms with Gasteiger partial charge in [-0.15, -0.1) is 0 Å². The van der Waals surface area contributed by atoms with Crippen LogP contribution in [0.5, 0.6) is 23.0 Å². The van der Waals surface area contributed by atoms with Crippen LogP contribution in [0.4, 0.5) is 36.7 Å². The fourth-order valence-corrected chi connectivity index (χ4v) is 18.7. The summed E-state index contributed by atoms with van der Waals surface area (Å²) in [5, 5.41) is 36.9. The zero-order valence-electron chi connectivity index (χ0n) is 76.8. The minimum atomic E-state index is -1.54. The van der Waals surface area contributed by atoms with Crippen LogP contribution in [0.15, 0.2) is 260 Å². The average Bonchev–Trinajstić information content (AvgIpc) is 1.62. The normalized spacial score (nSPS) is 19.0. The molecule has 42 heteroatoms. The fourth-order valence-electron chi connectivity index (χ4n) is 18.7. The summed E-state index contributed by atoms with van der Waals surface area (Å²) < 4.78 is 93.2. The van der Waals surface area contributed by atoms with Crippen molar-refractivity contribution in [1.82, 2.24) is 82.8 Å². The van der Waals surface area contributed by atoms with Crippen LogP contribution in [0.2, 0.25) is 0 Å². The number of ether oxygens (including phenoxy) is 4. The third-order valence-corrected chi connectivity index (χ3v) is 26.2. The highest BCUT2D eigenvalue weighted by molar-refractivity contribution is 6.31. The Bertz CT molecular complexity index is 7820. The van der Waals surface area contributed by atoms with Crippen LogP contribution in [0.1, 0.15) is 125 Å². The summed E-state index contributed by atoms with van der Waals surface area (Å²) in [5.74, 6) is -1.82. The first-order chi connectivity index (χ1) is 69.9. The van der Waals surface area contributed by atoms with E-state index in [-0.39, 0.29) is 95.8 Å². The molecule has 4 saturated heterocycles. The first-order valence-corrected chi connectivity index (χ1v) is 45.2. The molecule has 727 valence electrons. The number of rotatable bonds is 25. The lowest BCUT2D eigenvalue weighted by Crippen LogP contribution is -2.52. The van der Waals surface area contributed by atoms with Crippen LogP contribution in [-0.2, 0) is 93.9 Å². The third-order valence-electron chi connectivity index (χ3n) is 26.2. The van der Waals surface area contributed by atoms with Crippen LogP contribution >= 0.6 is 0 Å². The molecule has 9 aliphatic heterocycles. The summed E-state index contributed by atoms with van der Waals surface area (Å²) in [6.45, 7) is 6.91. The molecule has 37 nitrogen and oxygen atoms in total. The molecule has 145 heavy (non-hydrogen) atoms. The van der Waals surface area contributed by atoms with Crippen molar-refractivity contribution in [2.75, 3.05) is 26.2 Å². The minimum absolute atomic E-state index is 0.111. The van der Waals surface area contributed by atoms with Crippen molar-refractivity contribution in [3.63, 3.8) is 0 Å². The first kappa shape index (κ1) is 94.1. The number of aryl methyl sites for hydroxylation is 3. The Morgan fingerprint density at radius 2 is 0.710 bits per heavy atom. The molecule has 11 aromatic carbocycles. The Balaban J connectivity index is 0.000000118. The van der Waals surface area contributed by atoms with Gasteiger partial charge in [0.2, 0.25) is 0 Å². The number of hydrogen-bond donors (Lipinski definition) is 8. The molecule has 9 aliphatic rings. The summed E-state index contributed by atoms with van der Waals surface area (Å²) in [6.07, 6.45) is 0. The lowest BCUT2D eigenvalue weighted by molar-refractivity contribution is -0.125. The fraction of sp³-hybridized carbons (Fsp3) is 0.184. The number of nitrogens with one attached hydrogen (secondary N) is 8. The molecule has 8 N–H and O–H groups in total. The lowest BCUT2D eigenvalue weighted by atomic mass is 9.89. The molecule has 16 amide bonds. The molecule has 23 rings (SSSR count).